The highest BCUT2D eigenvalue weighted by molar-refractivity contribution is 7.81. The highest BCUT2D eigenvalue weighted by atomic mass is 32.3. The lowest BCUT2D eigenvalue weighted by Gasteiger charge is -2.29. The van der Waals surface area contributed by atoms with Crippen molar-refractivity contribution in [2.24, 2.45) is 0 Å². The van der Waals surface area contributed by atoms with Crippen LogP contribution < -0.4 is 0 Å². The summed E-state index contributed by atoms with van der Waals surface area (Å²) in [6.07, 6.45) is -2.37. The molecule has 0 amide bonds. The van der Waals surface area contributed by atoms with Crippen LogP contribution in [0.3, 0.4) is 0 Å². The number of hydrogen-bond acceptors (Lipinski definition) is 7. The largest absolute Gasteiger partial charge is 0.400 e. The van der Waals surface area contributed by atoms with Gasteiger partial charge >= 0.3 is 10.4 Å². The smallest absolute Gasteiger partial charge is 0.374 e. The molecular formula is C26H28O7S. The van der Waals surface area contributed by atoms with E-state index in [1.165, 1.54) is 0 Å². The first kappa shape index (κ1) is 24.5. The Labute approximate surface area is 200 Å². The molecular weight excluding hydrogens is 456 g/mol. The monoisotopic (exact) mass is 484 g/mol. The van der Waals surface area contributed by atoms with E-state index in [4.69, 9.17) is 22.6 Å². The van der Waals surface area contributed by atoms with Gasteiger partial charge in [0, 0.05) is 0 Å². The molecule has 1 aliphatic heterocycles. The summed E-state index contributed by atoms with van der Waals surface area (Å²) in [5.41, 5.74) is 2.87. The Morgan fingerprint density at radius 3 is 1.76 bits per heavy atom. The third kappa shape index (κ3) is 7.46. The maximum absolute atomic E-state index is 12.3. The minimum atomic E-state index is -4.24. The normalized spacial score (nSPS) is 22.2. The van der Waals surface area contributed by atoms with Crippen LogP contribution in [-0.2, 0) is 52.8 Å². The average Bonchev–Trinajstić information content (AvgIpc) is 2.98. The van der Waals surface area contributed by atoms with Gasteiger partial charge in [-0.15, -0.1) is 0 Å². The summed E-state index contributed by atoms with van der Waals surface area (Å²) in [4.78, 5) is 0. The van der Waals surface area contributed by atoms with Gasteiger partial charge in [-0.25, -0.2) is 8.37 Å². The fraction of sp³-hybridized carbons (Fsp3) is 0.308. The van der Waals surface area contributed by atoms with Crippen LogP contribution in [0.15, 0.2) is 91.0 Å². The van der Waals surface area contributed by atoms with Gasteiger partial charge in [0.25, 0.3) is 0 Å². The zero-order chi connectivity index (χ0) is 23.6. The van der Waals surface area contributed by atoms with E-state index in [0.29, 0.717) is 6.61 Å². The maximum atomic E-state index is 12.3. The van der Waals surface area contributed by atoms with E-state index in [-0.39, 0.29) is 26.4 Å². The van der Waals surface area contributed by atoms with Crippen molar-refractivity contribution in [3.05, 3.63) is 108 Å². The Bertz CT molecular complexity index is 1090. The predicted octanol–water partition coefficient (Wildman–Crippen LogP) is 4.03. The Morgan fingerprint density at radius 2 is 1.21 bits per heavy atom. The van der Waals surface area contributed by atoms with E-state index < -0.39 is 28.7 Å². The van der Waals surface area contributed by atoms with Gasteiger partial charge in [-0.3, -0.25) is 0 Å². The maximum Gasteiger partial charge on any atom is 0.400 e. The van der Waals surface area contributed by atoms with Crippen LogP contribution in [0.1, 0.15) is 16.7 Å². The topological polar surface area (TPSA) is 80.3 Å². The quantitative estimate of drug-likeness (QED) is 0.430. The molecule has 180 valence electrons. The first-order valence-corrected chi connectivity index (χ1v) is 12.4. The lowest BCUT2D eigenvalue weighted by atomic mass is 10.1. The van der Waals surface area contributed by atoms with Gasteiger partial charge in [0.15, 0.2) is 0 Å². The van der Waals surface area contributed by atoms with Crippen LogP contribution in [0.4, 0.5) is 0 Å². The zero-order valence-corrected chi connectivity index (χ0v) is 19.5. The molecule has 0 saturated carbocycles. The Morgan fingerprint density at radius 1 is 0.706 bits per heavy atom. The predicted molar refractivity (Wildman–Crippen MR) is 126 cm³/mol. The van der Waals surface area contributed by atoms with Crippen LogP contribution in [0, 0.1) is 0 Å². The van der Waals surface area contributed by atoms with E-state index in [9.17, 15) is 8.42 Å². The Hall–Kier alpha value is -2.59. The van der Waals surface area contributed by atoms with Crippen LogP contribution >= 0.6 is 0 Å². The second-order valence-electron chi connectivity index (χ2n) is 7.92. The van der Waals surface area contributed by atoms with Crippen LogP contribution in [0.5, 0.6) is 0 Å². The standard InChI is InChI=1S/C26H28O7S/c27-34(28)32-20-24(30-17-22-12-6-2-7-13-22)26(31-18-23-14-8-3-9-15-23)25(33-34)19-29-16-21-10-4-1-5-11-21/h1-15,24-26H,16-20H2/t24-,25-,26+/m1/s1. The lowest BCUT2D eigenvalue weighted by Crippen LogP contribution is -2.45. The molecule has 3 atom stereocenters. The molecule has 7 nitrogen and oxygen atoms in total. The van der Waals surface area contributed by atoms with Crippen LogP contribution in [-0.4, -0.2) is 39.9 Å². The third-order valence-electron chi connectivity index (χ3n) is 5.34. The van der Waals surface area contributed by atoms with Gasteiger partial charge in [0.2, 0.25) is 0 Å². The minimum absolute atomic E-state index is 0.0118. The van der Waals surface area contributed by atoms with Crippen LogP contribution in [0.2, 0.25) is 0 Å². The van der Waals surface area contributed by atoms with E-state index in [1.54, 1.807) is 0 Å². The van der Waals surface area contributed by atoms with Gasteiger partial charge < -0.3 is 14.2 Å². The Kier molecular flexibility index (Phi) is 8.81. The van der Waals surface area contributed by atoms with Crippen molar-refractivity contribution in [1.82, 2.24) is 0 Å². The summed E-state index contributed by atoms with van der Waals surface area (Å²) in [5, 5.41) is 0. The summed E-state index contributed by atoms with van der Waals surface area (Å²) < 4.78 is 53.2. The van der Waals surface area contributed by atoms with Gasteiger partial charge in [-0.05, 0) is 16.7 Å². The number of hydrogen-bond donors (Lipinski definition) is 0. The molecule has 1 saturated heterocycles. The highest BCUT2D eigenvalue weighted by Crippen LogP contribution is 2.24. The second kappa shape index (κ2) is 12.2. The molecule has 1 aliphatic rings. The summed E-state index contributed by atoms with van der Waals surface area (Å²) in [7, 11) is -4.24. The summed E-state index contributed by atoms with van der Waals surface area (Å²) in [6, 6.07) is 28.9. The summed E-state index contributed by atoms with van der Waals surface area (Å²) >= 11 is 0. The first-order valence-electron chi connectivity index (χ1n) is 11.1. The molecule has 0 unspecified atom stereocenters. The molecule has 0 bridgehead atoms. The van der Waals surface area contributed by atoms with Crippen molar-refractivity contribution in [3.8, 4) is 0 Å². The molecule has 0 radical (unpaired) electrons. The van der Waals surface area contributed by atoms with Crippen molar-refractivity contribution in [1.29, 1.82) is 0 Å². The fourth-order valence-corrected chi connectivity index (χ4v) is 4.43. The highest BCUT2D eigenvalue weighted by Gasteiger charge is 2.40. The molecule has 1 heterocycles. The van der Waals surface area contributed by atoms with E-state index in [1.807, 2.05) is 91.0 Å². The minimum Gasteiger partial charge on any atom is -0.374 e. The molecule has 0 aromatic heterocycles. The molecule has 8 heteroatoms. The molecule has 1 fully saturated rings. The number of ether oxygens (including phenoxy) is 3. The van der Waals surface area contributed by atoms with Crippen molar-refractivity contribution in [2.75, 3.05) is 13.2 Å². The van der Waals surface area contributed by atoms with Crippen molar-refractivity contribution in [3.63, 3.8) is 0 Å². The molecule has 0 aliphatic carbocycles. The third-order valence-corrected chi connectivity index (χ3v) is 6.24. The van der Waals surface area contributed by atoms with Gasteiger partial charge in [-0.1, -0.05) is 91.0 Å². The second-order valence-corrected chi connectivity index (χ2v) is 9.17. The average molecular weight is 485 g/mol. The molecule has 0 spiro atoms. The first-order chi connectivity index (χ1) is 16.6. The fourth-order valence-electron chi connectivity index (χ4n) is 3.61. The molecule has 4 rings (SSSR count). The number of rotatable bonds is 10. The van der Waals surface area contributed by atoms with E-state index in [0.717, 1.165) is 16.7 Å². The van der Waals surface area contributed by atoms with Crippen LogP contribution in [0.25, 0.3) is 0 Å². The summed E-state index contributed by atoms with van der Waals surface area (Å²) in [6.45, 7) is 0.613. The van der Waals surface area contributed by atoms with E-state index >= 15 is 0 Å². The van der Waals surface area contributed by atoms with Gasteiger partial charge in [0.05, 0.1) is 33.0 Å². The van der Waals surface area contributed by atoms with Gasteiger partial charge in [-0.2, -0.15) is 8.42 Å². The SMILES string of the molecule is O=S1(=O)OC[C@@H](OCc2ccccc2)[C@H](OCc2ccccc2)[C@@H](COCc2ccccc2)O1. The zero-order valence-electron chi connectivity index (χ0n) is 18.7. The van der Waals surface area contributed by atoms with Gasteiger partial charge in [0.1, 0.15) is 18.3 Å². The summed E-state index contributed by atoms with van der Waals surface area (Å²) in [5.74, 6) is 0. The van der Waals surface area contributed by atoms with Crippen molar-refractivity contribution >= 4 is 10.4 Å². The molecule has 3 aromatic rings. The Balaban J connectivity index is 1.50. The molecule has 34 heavy (non-hydrogen) atoms. The molecule has 3 aromatic carbocycles. The number of benzene rings is 3. The van der Waals surface area contributed by atoms with E-state index in [2.05, 4.69) is 0 Å². The molecule has 0 N–H and O–H groups in total. The van der Waals surface area contributed by atoms with Crippen molar-refractivity contribution < 1.29 is 31.0 Å². The lowest BCUT2D eigenvalue weighted by molar-refractivity contribution is -0.136. The van der Waals surface area contributed by atoms with Crippen molar-refractivity contribution in [2.45, 2.75) is 38.1 Å².